The largest absolute Gasteiger partial charge is 0.508 e. The van der Waals surface area contributed by atoms with E-state index >= 15 is 0 Å². The van der Waals surface area contributed by atoms with Gasteiger partial charge in [0, 0.05) is 49.6 Å². The van der Waals surface area contributed by atoms with Crippen LogP contribution in [0.4, 0.5) is 5.69 Å². The molecule has 0 saturated heterocycles. The van der Waals surface area contributed by atoms with Crippen molar-refractivity contribution >= 4 is 16.7 Å². The third kappa shape index (κ3) is 8.31. The number of imidazole rings is 1. The number of fused-ring (bicyclic) bond motifs is 1. The molecule has 0 bridgehead atoms. The molecule has 0 spiro atoms. The second-order valence-corrected chi connectivity index (χ2v) is 18.1. The average molecular weight is 1020 g/mol. The number of pyridine rings is 1. The first kappa shape index (κ1) is 44.2. The summed E-state index contributed by atoms with van der Waals surface area (Å²) in [5.74, 6) is 0.590. The minimum absolute atomic E-state index is 0. The Morgan fingerprint density at radius 3 is 1.83 bits per heavy atom. The van der Waals surface area contributed by atoms with Crippen molar-refractivity contribution in [1.82, 2.24) is 14.5 Å². The molecule has 320 valence electrons. The van der Waals surface area contributed by atoms with Gasteiger partial charge in [0.25, 0.3) is 0 Å². The molecule has 6 nitrogen and oxygen atoms in total. The molecule has 9 aromatic rings. The molecular formula is C58H46N5OPt-. The number of para-hydroxylation sites is 2. The zero-order valence-electron chi connectivity index (χ0n) is 37.1. The van der Waals surface area contributed by atoms with E-state index in [2.05, 4.69) is 103 Å². The number of aromatic nitrogens is 3. The van der Waals surface area contributed by atoms with Crippen LogP contribution in [0.3, 0.4) is 0 Å². The number of aromatic hydroxyl groups is 1. The molecule has 7 heteroatoms. The van der Waals surface area contributed by atoms with Gasteiger partial charge in [-0.1, -0.05) is 192 Å². The third-order valence-electron chi connectivity index (χ3n) is 11.7. The molecule has 0 amide bonds. The molecule has 2 aromatic heterocycles. The minimum Gasteiger partial charge on any atom is -0.508 e. The monoisotopic (exact) mass is 1020 g/mol. The maximum Gasteiger partial charge on any atom is 0.198 e. The molecule has 2 heterocycles. The van der Waals surface area contributed by atoms with Gasteiger partial charge in [-0.3, -0.25) is 9.55 Å². The smallest absolute Gasteiger partial charge is 0.198 e. The van der Waals surface area contributed by atoms with Gasteiger partial charge in [0.15, 0.2) is 5.69 Å². The normalized spacial score (nSPS) is 11.4. The van der Waals surface area contributed by atoms with Crippen LogP contribution >= 0.6 is 0 Å². The van der Waals surface area contributed by atoms with Gasteiger partial charge in [-0.15, -0.1) is 23.8 Å². The van der Waals surface area contributed by atoms with E-state index in [0.29, 0.717) is 39.4 Å². The van der Waals surface area contributed by atoms with E-state index < -0.39 is 10.8 Å². The van der Waals surface area contributed by atoms with Gasteiger partial charge in [0.1, 0.15) is 11.6 Å². The van der Waals surface area contributed by atoms with Gasteiger partial charge in [0.2, 0.25) is 0 Å². The van der Waals surface area contributed by atoms with E-state index in [1.54, 1.807) is 6.20 Å². The Hall–Kier alpha value is -7.37. The summed E-state index contributed by atoms with van der Waals surface area (Å²) < 4.78 is 2.15. The van der Waals surface area contributed by atoms with E-state index in [9.17, 15) is 10.4 Å². The van der Waals surface area contributed by atoms with Crippen molar-refractivity contribution in [2.75, 3.05) is 0 Å². The van der Waals surface area contributed by atoms with E-state index in [0.717, 1.165) is 66.8 Å². The third-order valence-corrected chi connectivity index (χ3v) is 11.7. The summed E-state index contributed by atoms with van der Waals surface area (Å²) in [6.07, 6.45) is 1.77. The molecule has 0 unspecified atom stereocenters. The van der Waals surface area contributed by atoms with Gasteiger partial charge in [-0.25, -0.2) is 9.83 Å². The maximum atomic E-state index is 12.6. The second kappa shape index (κ2) is 17.7. The van der Waals surface area contributed by atoms with Crippen LogP contribution in [0.25, 0.3) is 88.7 Å². The standard InChI is InChI=1S/C58H46N5O.Pt/c1-57(2,3)48-34-46(55(64)52(54(48)60-7)58(4,5)6)56-62-53-45(27-19-29-51(53)63(56)50-28-18-17-26-44(50)38-22-13-9-14-23-38)41-30-40(37-20-11-8-12-21-37)31-42(32-41)49-33-43(35-59)47(36-61-49)39-24-15-10-16-25-39;/h8-31,33-34,36,64H,1-6H3;/q-1;. The number of hydrogen-bond donors (Lipinski definition) is 1. The van der Waals surface area contributed by atoms with Gasteiger partial charge in [0.05, 0.1) is 40.5 Å². The summed E-state index contributed by atoms with van der Waals surface area (Å²) in [5.41, 5.74) is 13.1. The molecule has 0 saturated carbocycles. The fourth-order valence-electron chi connectivity index (χ4n) is 8.70. The Morgan fingerprint density at radius 2 is 1.22 bits per heavy atom. The van der Waals surface area contributed by atoms with Crippen LogP contribution in [0.2, 0.25) is 0 Å². The summed E-state index contributed by atoms with van der Waals surface area (Å²) in [6, 6.07) is 58.9. The van der Waals surface area contributed by atoms with Crippen molar-refractivity contribution < 1.29 is 26.2 Å². The first-order chi connectivity index (χ1) is 30.9. The van der Waals surface area contributed by atoms with Gasteiger partial charge >= 0.3 is 0 Å². The number of phenols is 1. The Kier molecular flexibility index (Phi) is 12.0. The van der Waals surface area contributed by atoms with Gasteiger partial charge < -0.3 is 5.11 Å². The second-order valence-electron chi connectivity index (χ2n) is 18.1. The zero-order valence-corrected chi connectivity index (χ0v) is 39.4. The SMILES string of the molecule is [C-]#[N+]c1c(C(C)(C)C)cc(-c2nc3c(-c4[c-]c(-c5cc(C#N)c(-c6ccccc6)cn5)cc(-c5ccccc5)c4)cccc3n2-c2ccccc2-c2ccccc2)c(O)c1C(C)(C)C.[Pt]. The Labute approximate surface area is 395 Å². The number of rotatable bonds is 7. The predicted octanol–water partition coefficient (Wildman–Crippen LogP) is 14.9. The quantitative estimate of drug-likeness (QED) is 0.161. The maximum absolute atomic E-state index is 12.6. The van der Waals surface area contributed by atoms with E-state index in [-0.39, 0.29) is 26.8 Å². The molecule has 0 aliphatic heterocycles. The molecule has 1 N–H and O–H groups in total. The van der Waals surface area contributed by atoms with Crippen molar-refractivity contribution in [3.8, 4) is 84.7 Å². The molecule has 0 aliphatic rings. The van der Waals surface area contributed by atoms with Crippen LogP contribution in [-0.2, 0) is 31.9 Å². The van der Waals surface area contributed by atoms with Crippen LogP contribution in [0.1, 0.15) is 58.2 Å². The number of phenolic OH excluding ortho intramolecular Hbond substituents is 1. The van der Waals surface area contributed by atoms with Crippen molar-refractivity contribution in [2.24, 2.45) is 0 Å². The minimum atomic E-state index is -0.564. The predicted molar refractivity (Wildman–Crippen MR) is 260 cm³/mol. The van der Waals surface area contributed by atoms with E-state index in [1.165, 1.54) is 0 Å². The van der Waals surface area contributed by atoms with Crippen LogP contribution in [0.15, 0.2) is 164 Å². The van der Waals surface area contributed by atoms with Crippen molar-refractivity contribution in [3.63, 3.8) is 0 Å². The molecule has 0 atom stereocenters. The summed E-state index contributed by atoms with van der Waals surface area (Å²) in [5, 5.41) is 23.0. The molecule has 0 radical (unpaired) electrons. The Bertz CT molecular complexity index is 3310. The first-order valence-corrected chi connectivity index (χ1v) is 21.4. The summed E-state index contributed by atoms with van der Waals surface area (Å²) in [7, 11) is 0. The van der Waals surface area contributed by atoms with Crippen LogP contribution in [-0.4, -0.2) is 19.6 Å². The first-order valence-electron chi connectivity index (χ1n) is 21.4. The van der Waals surface area contributed by atoms with Gasteiger partial charge in [-0.05, 0) is 45.2 Å². The molecule has 7 aromatic carbocycles. The topological polar surface area (TPSA) is 79.1 Å². The Morgan fingerprint density at radius 1 is 0.631 bits per heavy atom. The van der Waals surface area contributed by atoms with Crippen molar-refractivity contribution in [2.45, 2.75) is 52.4 Å². The number of hydrogen-bond acceptors (Lipinski definition) is 4. The average Bonchev–Trinajstić information content (AvgIpc) is 3.70. The number of nitriles is 1. The van der Waals surface area contributed by atoms with E-state index in [1.807, 2.05) is 118 Å². The fraction of sp³-hybridized carbons (Fsp3) is 0.138. The number of nitrogens with zero attached hydrogens (tertiary/aromatic N) is 5. The van der Waals surface area contributed by atoms with Crippen molar-refractivity contribution in [3.05, 3.63) is 198 Å². The molecule has 0 aliphatic carbocycles. The van der Waals surface area contributed by atoms with Crippen LogP contribution in [0, 0.1) is 24.0 Å². The van der Waals surface area contributed by atoms with Gasteiger partial charge in [-0.2, -0.15) is 5.26 Å². The fourth-order valence-corrected chi connectivity index (χ4v) is 8.70. The Balaban J connectivity index is 0.00000576. The molecule has 65 heavy (non-hydrogen) atoms. The van der Waals surface area contributed by atoms with Crippen LogP contribution < -0.4 is 0 Å². The summed E-state index contributed by atoms with van der Waals surface area (Å²) in [4.78, 5) is 14.6. The van der Waals surface area contributed by atoms with Crippen LogP contribution in [0.5, 0.6) is 5.75 Å². The van der Waals surface area contributed by atoms with Crippen molar-refractivity contribution in [1.29, 1.82) is 5.26 Å². The number of benzene rings is 7. The summed E-state index contributed by atoms with van der Waals surface area (Å²) in [6.45, 7) is 20.8. The summed E-state index contributed by atoms with van der Waals surface area (Å²) >= 11 is 0. The van der Waals surface area contributed by atoms with E-state index in [4.69, 9.17) is 16.5 Å². The molecule has 9 rings (SSSR count). The molecule has 0 fully saturated rings. The molecular weight excluding hydrogens is 978 g/mol. The zero-order chi connectivity index (χ0) is 44.8.